The predicted octanol–water partition coefficient (Wildman–Crippen LogP) is 8.76. The predicted molar refractivity (Wildman–Crippen MR) is 236 cm³/mol. The number of para-hydroxylation sites is 1. The van der Waals surface area contributed by atoms with Crippen LogP contribution < -0.4 is 14.9 Å². The van der Waals surface area contributed by atoms with E-state index in [1.807, 2.05) is 62.1 Å². The van der Waals surface area contributed by atoms with Crippen LogP contribution in [0, 0.1) is 5.41 Å². The molecule has 3 amide bonds. The molecule has 0 radical (unpaired) electrons. The Kier molecular flexibility index (Phi) is 12.2. The molecule has 11 nitrogen and oxygen atoms in total. The van der Waals surface area contributed by atoms with E-state index in [2.05, 4.69) is 39.6 Å². The topological polar surface area (TPSA) is 134 Å². The summed E-state index contributed by atoms with van der Waals surface area (Å²) >= 11 is 0. The summed E-state index contributed by atoms with van der Waals surface area (Å²) in [4.78, 5) is 59.9. The highest BCUT2D eigenvalue weighted by Gasteiger charge is 2.58. The maximum atomic E-state index is 14.5. The number of fused-ring (bicyclic) bond motifs is 2. The first kappa shape index (κ1) is 42.7. The molecule has 4 aliphatic rings. The van der Waals surface area contributed by atoms with Crippen LogP contribution in [0.5, 0.6) is 5.75 Å². The van der Waals surface area contributed by atoms with Crippen molar-refractivity contribution >= 4 is 42.0 Å². The van der Waals surface area contributed by atoms with E-state index >= 15 is 0 Å². The monoisotopic (exact) mass is 846 g/mol. The molecule has 4 aromatic rings. The molecule has 61 heavy (non-hydrogen) atoms. The number of hydrogen-bond acceptors (Lipinski definition) is 7. The van der Waals surface area contributed by atoms with E-state index in [1.54, 1.807) is 43.3 Å². The summed E-state index contributed by atoms with van der Waals surface area (Å²) in [5, 5.41) is 7.65. The summed E-state index contributed by atoms with van der Waals surface area (Å²) in [5.74, 6) is -0.312. The second kappa shape index (κ2) is 17.4. The Hall–Kier alpha value is -4.99. The van der Waals surface area contributed by atoms with E-state index in [-0.39, 0.29) is 47.5 Å². The SMILES string of the molecule is C[C@H](NP(=O)(Cc1ccc2ccc(C(=O)N[C@H]3CCCC[C@H]4CC[C@@H](C(=O)N5CC(c6ccccc6)CC56CC6)N4C3=O)cc2c1)Oc1ccccc1)C(=O)OCC(C)(C)C. The van der Waals surface area contributed by atoms with Crippen molar-refractivity contribution in [1.82, 2.24) is 20.2 Å². The molecule has 0 aromatic heterocycles. The molecule has 3 heterocycles. The summed E-state index contributed by atoms with van der Waals surface area (Å²) in [5.41, 5.74) is 2.00. The molecule has 4 aromatic carbocycles. The molecule has 1 aliphatic carbocycles. The summed E-state index contributed by atoms with van der Waals surface area (Å²) < 4.78 is 26.1. The fraction of sp³-hybridized carbons (Fsp3) is 0.469. The zero-order valence-corrected chi connectivity index (χ0v) is 36.7. The number of ether oxygens (including phenoxy) is 1. The normalized spacial score (nSPS) is 23.7. The van der Waals surface area contributed by atoms with Crippen molar-refractivity contribution in [3.63, 3.8) is 0 Å². The molecule has 2 N–H and O–H groups in total. The van der Waals surface area contributed by atoms with Crippen LogP contribution in [0.15, 0.2) is 97.1 Å². The van der Waals surface area contributed by atoms with Gasteiger partial charge in [0, 0.05) is 29.6 Å². The van der Waals surface area contributed by atoms with Gasteiger partial charge >= 0.3 is 13.5 Å². The zero-order chi connectivity index (χ0) is 42.9. The number of hydrogen-bond donors (Lipinski definition) is 2. The van der Waals surface area contributed by atoms with Crippen molar-refractivity contribution in [3.05, 3.63) is 114 Å². The molecular weight excluding hydrogens is 788 g/mol. The van der Waals surface area contributed by atoms with Gasteiger partial charge in [-0.1, -0.05) is 106 Å². The van der Waals surface area contributed by atoms with Crippen LogP contribution in [-0.4, -0.2) is 76.3 Å². The molecule has 4 fully saturated rings. The molecule has 0 bridgehead atoms. The minimum atomic E-state index is -3.73. The van der Waals surface area contributed by atoms with E-state index in [4.69, 9.17) is 9.26 Å². The first-order valence-corrected chi connectivity index (χ1v) is 23.8. The largest absolute Gasteiger partial charge is 0.464 e. The third kappa shape index (κ3) is 9.74. The van der Waals surface area contributed by atoms with Crippen LogP contribution in [0.3, 0.4) is 0 Å². The van der Waals surface area contributed by atoms with Gasteiger partial charge in [-0.2, -0.15) is 0 Å². The van der Waals surface area contributed by atoms with Gasteiger partial charge in [0.05, 0.1) is 12.8 Å². The average molecular weight is 847 g/mol. The summed E-state index contributed by atoms with van der Waals surface area (Å²) in [6.07, 6.45) is 7.46. The Labute approximate surface area is 359 Å². The van der Waals surface area contributed by atoms with Gasteiger partial charge in [-0.25, -0.2) is 5.09 Å². The lowest BCUT2D eigenvalue weighted by molar-refractivity contribution is -0.148. The first-order chi connectivity index (χ1) is 29.2. The lowest BCUT2D eigenvalue weighted by atomic mass is 9.96. The Bertz CT molecular complexity index is 2310. The van der Waals surface area contributed by atoms with Crippen molar-refractivity contribution in [3.8, 4) is 5.75 Å². The maximum absolute atomic E-state index is 14.5. The van der Waals surface area contributed by atoms with Gasteiger partial charge in [0.2, 0.25) is 11.8 Å². The van der Waals surface area contributed by atoms with Crippen molar-refractivity contribution < 1.29 is 33.0 Å². The average Bonchev–Trinajstić information content (AvgIpc) is 3.73. The molecule has 1 saturated carbocycles. The number of amides is 3. The Morgan fingerprint density at radius 1 is 0.869 bits per heavy atom. The smallest absolute Gasteiger partial charge is 0.323 e. The van der Waals surface area contributed by atoms with Gasteiger partial charge < -0.3 is 24.4 Å². The Balaban J connectivity index is 0.974. The second-order valence-electron chi connectivity index (χ2n) is 18.9. The quantitative estimate of drug-likeness (QED) is 0.107. The van der Waals surface area contributed by atoms with Crippen molar-refractivity contribution in [2.24, 2.45) is 5.41 Å². The first-order valence-electron chi connectivity index (χ1n) is 22.0. The molecule has 1 spiro atoms. The van der Waals surface area contributed by atoms with E-state index in [1.165, 1.54) is 5.56 Å². The number of carbonyl (C=O) groups is 4. The van der Waals surface area contributed by atoms with Crippen molar-refractivity contribution in [2.45, 2.75) is 127 Å². The molecule has 8 rings (SSSR count). The molecule has 3 aliphatic heterocycles. The van der Waals surface area contributed by atoms with Gasteiger partial charge in [0.15, 0.2) is 0 Å². The highest BCUT2D eigenvalue weighted by Crippen LogP contribution is 2.55. The van der Waals surface area contributed by atoms with E-state index in [9.17, 15) is 23.7 Å². The molecule has 12 heteroatoms. The third-order valence-corrected chi connectivity index (χ3v) is 14.9. The van der Waals surface area contributed by atoms with Crippen LogP contribution in [-0.2, 0) is 29.8 Å². The number of rotatable bonds is 12. The lowest BCUT2D eigenvalue weighted by Crippen LogP contribution is -2.57. The Morgan fingerprint density at radius 2 is 1.57 bits per heavy atom. The minimum Gasteiger partial charge on any atom is -0.464 e. The fourth-order valence-electron chi connectivity index (χ4n) is 9.56. The molecule has 6 atom stereocenters. The van der Waals surface area contributed by atoms with Crippen LogP contribution in [0.4, 0.5) is 0 Å². The Morgan fingerprint density at radius 3 is 2.30 bits per heavy atom. The zero-order valence-electron chi connectivity index (χ0n) is 35.8. The van der Waals surface area contributed by atoms with E-state index in [0.29, 0.717) is 42.2 Å². The van der Waals surface area contributed by atoms with Gasteiger partial charge in [0.25, 0.3) is 5.91 Å². The van der Waals surface area contributed by atoms with Gasteiger partial charge in [-0.05, 0) is 103 Å². The second-order valence-corrected chi connectivity index (χ2v) is 21.0. The molecule has 2 unspecified atom stereocenters. The van der Waals surface area contributed by atoms with Gasteiger partial charge in [0.1, 0.15) is 23.9 Å². The third-order valence-electron chi connectivity index (χ3n) is 12.8. The molecule has 322 valence electrons. The molecule has 3 saturated heterocycles. The summed E-state index contributed by atoms with van der Waals surface area (Å²) in [7, 11) is -3.73. The highest BCUT2D eigenvalue weighted by molar-refractivity contribution is 7.56. The number of likely N-dealkylation sites (tertiary alicyclic amines) is 1. The number of benzene rings is 4. The number of carbonyl (C=O) groups excluding carboxylic acids is 4. The van der Waals surface area contributed by atoms with E-state index in [0.717, 1.165) is 55.7 Å². The minimum absolute atomic E-state index is 0.0172. The summed E-state index contributed by atoms with van der Waals surface area (Å²) in [6, 6.07) is 28.1. The van der Waals surface area contributed by atoms with E-state index < -0.39 is 31.6 Å². The van der Waals surface area contributed by atoms with Crippen LogP contribution in [0.25, 0.3) is 10.8 Å². The lowest BCUT2D eigenvalue weighted by Gasteiger charge is -2.37. The van der Waals surface area contributed by atoms with Gasteiger partial charge in [-0.3, -0.25) is 23.7 Å². The maximum Gasteiger partial charge on any atom is 0.323 e. The van der Waals surface area contributed by atoms with Crippen LogP contribution in [0.2, 0.25) is 0 Å². The van der Waals surface area contributed by atoms with Crippen molar-refractivity contribution in [1.29, 1.82) is 0 Å². The number of nitrogens with zero attached hydrogens (tertiary/aromatic N) is 2. The number of nitrogens with one attached hydrogen (secondary N) is 2. The summed E-state index contributed by atoms with van der Waals surface area (Å²) in [6.45, 7) is 8.40. The van der Waals surface area contributed by atoms with Crippen LogP contribution in [0.1, 0.15) is 113 Å². The van der Waals surface area contributed by atoms with Crippen molar-refractivity contribution in [2.75, 3.05) is 13.2 Å². The number of esters is 1. The van der Waals surface area contributed by atoms with Crippen LogP contribution >= 0.6 is 7.52 Å². The van der Waals surface area contributed by atoms with Gasteiger partial charge in [-0.15, -0.1) is 0 Å². The molecular formula is C49H59N4O7P. The highest BCUT2D eigenvalue weighted by atomic mass is 31.2. The fourth-order valence-corrected chi connectivity index (χ4v) is 11.6. The standard InChI is InChI=1S/C49H59N4O7P/c1-33(47(57)59-32-48(2,3)4)51-61(58,60-41-16-9-6-10-17-41)31-34-19-20-36-21-22-37(28-38(36)27-34)44(54)50-42-18-12-11-15-40-23-24-43(53(40)45(42)55)46(56)52-30-39(29-49(52)25-26-49)35-13-7-5-8-14-35/h5-10,13-14,16-17,19-22,27-28,33,39-40,42-43H,11-12,15,18,23-26,29-32H2,1-4H3,(H,50,54)(H,51,58)/t33-,39?,40-,42-,43-,61?/m0/s1.